The number of nitrogens with zero attached hydrogens (tertiary/aromatic N) is 1. The molecular formula is C19H23BrN2O7S. The number of halogens is 1. The highest BCUT2D eigenvalue weighted by atomic mass is 79.9. The number of carbonyl (C=O) groups excluding carboxylic acids is 3. The molecule has 0 fully saturated rings. The van der Waals surface area contributed by atoms with Gasteiger partial charge in [-0.2, -0.15) is 0 Å². The van der Waals surface area contributed by atoms with Gasteiger partial charge in [-0.3, -0.25) is 24.5 Å². The SMILES string of the molecule is CC(=O)Nc1cc2c(cc1[N+](=O)[O-])[C@@H](OC(=O)[C@H](C)CSC(C)=O)[C@H](Br)C(C)(C)O2. The Balaban J connectivity index is 2.45. The molecule has 164 valence electrons. The van der Waals surface area contributed by atoms with Gasteiger partial charge < -0.3 is 14.8 Å². The fraction of sp³-hybridized carbons (Fsp3) is 0.526. The number of anilines is 1. The number of nitro groups is 1. The summed E-state index contributed by atoms with van der Waals surface area (Å²) in [5.41, 5.74) is -0.852. The highest BCUT2D eigenvalue weighted by Gasteiger charge is 2.46. The van der Waals surface area contributed by atoms with Crippen LogP contribution in [-0.2, 0) is 19.1 Å². The smallest absolute Gasteiger partial charge is 0.310 e. The van der Waals surface area contributed by atoms with Crippen molar-refractivity contribution in [2.45, 2.75) is 51.2 Å². The van der Waals surface area contributed by atoms with Crippen LogP contribution in [0, 0.1) is 16.0 Å². The number of hydrogen-bond acceptors (Lipinski definition) is 8. The van der Waals surface area contributed by atoms with Gasteiger partial charge in [0.25, 0.3) is 5.69 Å². The number of fused-ring (bicyclic) bond motifs is 1. The van der Waals surface area contributed by atoms with Gasteiger partial charge >= 0.3 is 5.97 Å². The molecule has 1 aromatic carbocycles. The molecule has 0 spiro atoms. The Morgan fingerprint density at radius 1 is 1.37 bits per heavy atom. The third-order valence-electron chi connectivity index (χ3n) is 4.43. The van der Waals surface area contributed by atoms with Gasteiger partial charge in [0, 0.05) is 37.3 Å². The summed E-state index contributed by atoms with van der Waals surface area (Å²) in [5.74, 6) is -1.01. The van der Waals surface area contributed by atoms with Gasteiger partial charge in [0.05, 0.1) is 15.7 Å². The average molecular weight is 503 g/mol. The first kappa shape index (κ1) is 24.1. The molecule has 0 aromatic heterocycles. The van der Waals surface area contributed by atoms with Crippen LogP contribution in [0.2, 0.25) is 0 Å². The number of thioether (sulfide) groups is 1. The molecule has 0 aliphatic carbocycles. The first-order valence-electron chi connectivity index (χ1n) is 9.10. The number of esters is 1. The van der Waals surface area contributed by atoms with Gasteiger partial charge in [-0.25, -0.2) is 0 Å². The fourth-order valence-electron chi connectivity index (χ4n) is 2.87. The van der Waals surface area contributed by atoms with E-state index in [-0.39, 0.29) is 28.0 Å². The Hall–Kier alpha value is -2.14. The van der Waals surface area contributed by atoms with E-state index in [4.69, 9.17) is 9.47 Å². The van der Waals surface area contributed by atoms with Gasteiger partial charge in [0.15, 0.2) is 5.12 Å². The van der Waals surface area contributed by atoms with Crippen molar-refractivity contribution in [1.29, 1.82) is 0 Å². The minimum atomic E-state index is -0.869. The van der Waals surface area contributed by atoms with Crippen LogP contribution < -0.4 is 10.1 Å². The predicted octanol–water partition coefficient (Wildman–Crippen LogP) is 3.99. The minimum Gasteiger partial charge on any atom is -0.486 e. The van der Waals surface area contributed by atoms with E-state index in [9.17, 15) is 24.5 Å². The highest BCUT2D eigenvalue weighted by molar-refractivity contribution is 9.09. The van der Waals surface area contributed by atoms with E-state index in [1.54, 1.807) is 20.8 Å². The molecule has 1 aromatic rings. The first-order chi connectivity index (χ1) is 13.8. The zero-order valence-corrected chi connectivity index (χ0v) is 19.6. The van der Waals surface area contributed by atoms with E-state index in [0.29, 0.717) is 5.56 Å². The normalized spacial score (nSPS) is 20.3. The van der Waals surface area contributed by atoms with Crippen LogP contribution in [0.25, 0.3) is 0 Å². The summed E-state index contributed by atoms with van der Waals surface area (Å²) < 4.78 is 11.7. The Bertz CT molecular complexity index is 890. The van der Waals surface area contributed by atoms with Crippen LogP contribution in [0.4, 0.5) is 11.4 Å². The molecular weight excluding hydrogens is 480 g/mol. The standard InChI is InChI=1S/C19H23BrN2O7S/c1-9(8-30-11(3)24)18(25)28-16-12-6-14(22(26)27)13(21-10(2)23)7-15(12)29-19(4,5)17(16)20/h6-7,9,16-17H,8H2,1-5H3,(H,21,23)/t9-,16-,17+/m1/s1. The van der Waals surface area contributed by atoms with Crippen LogP contribution in [0.1, 0.15) is 46.3 Å². The summed E-state index contributed by atoms with van der Waals surface area (Å²) >= 11 is 4.53. The second kappa shape index (κ2) is 9.34. The van der Waals surface area contributed by atoms with Gasteiger partial charge in [-0.1, -0.05) is 34.6 Å². The fourth-order valence-corrected chi connectivity index (χ4v) is 3.98. The van der Waals surface area contributed by atoms with Crippen LogP contribution in [0.5, 0.6) is 5.75 Å². The number of ether oxygens (including phenoxy) is 2. The second-order valence-corrected chi connectivity index (χ2v) is 9.70. The quantitative estimate of drug-likeness (QED) is 0.268. The largest absolute Gasteiger partial charge is 0.486 e. The first-order valence-corrected chi connectivity index (χ1v) is 11.0. The minimum absolute atomic E-state index is 0.00799. The van der Waals surface area contributed by atoms with E-state index in [0.717, 1.165) is 11.8 Å². The zero-order valence-electron chi connectivity index (χ0n) is 17.2. The third kappa shape index (κ3) is 5.51. The molecule has 30 heavy (non-hydrogen) atoms. The van der Waals surface area contributed by atoms with E-state index >= 15 is 0 Å². The van der Waals surface area contributed by atoms with E-state index < -0.39 is 39.2 Å². The van der Waals surface area contributed by atoms with Crippen molar-refractivity contribution < 1.29 is 28.8 Å². The van der Waals surface area contributed by atoms with E-state index in [1.165, 1.54) is 26.0 Å². The van der Waals surface area contributed by atoms with Crippen molar-refractivity contribution in [1.82, 2.24) is 0 Å². The summed E-state index contributed by atoms with van der Waals surface area (Å²) in [6, 6.07) is 2.61. The van der Waals surface area contributed by atoms with E-state index in [1.807, 2.05) is 0 Å². The topological polar surface area (TPSA) is 125 Å². The molecule has 2 rings (SSSR count). The number of benzene rings is 1. The number of amides is 1. The number of alkyl halides is 1. The molecule has 0 bridgehead atoms. The number of rotatable bonds is 6. The van der Waals surface area contributed by atoms with Crippen LogP contribution in [0.3, 0.4) is 0 Å². The molecule has 0 radical (unpaired) electrons. The predicted molar refractivity (Wildman–Crippen MR) is 116 cm³/mol. The number of hydrogen-bond donors (Lipinski definition) is 1. The maximum absolute atomic E-state index is 12.6. The van der Waals surface area contributed by atoms with Crippen molar-refractivity contribution in [2.75, 3.05) is 11.1 Å². The molecule has 9 nitrogen and oxygen atoms in total. The Labute approximate surface area is 186 Å². The molecule has 0 saturated heterocycles. The zero-order chi connectivity index (χ0) is 22.8. The lowest BCUT2D eigenvalue weighted by molar-refractivity contribution is -0.384. The van der Waals surface area contributed by atoms with Crippen molar-refractivity contribution in [3.05, 3.63) is 27.8 Å². The number of nitro benzene ring substituents is 1. The Morgan fingerprint density at radius 2 is 2.00 bits per heavy atom. The summed E-state index contributed by atoms with van der Waals surface area (Å²) in [4.78, 5) is 45.7. The highest BCUT2D eigenvalue weighted by Crippen LogP contribution is 2.48. The van der Waals surface area contributed by atoms with Crippen LogP contribution in [-0.4, -0.2) is 38.1 Å². The molecule has 11 heteroatoms. The van der Waals surface area contributed by atoms with E-state index in [2.05, 4.69) is 21.2 Å². The maximum Gasteiger partial charge on any atom is 0.310 e. The molecule has 3 atom stereocenters. The van der Waals surface area contributed by atoms with Gasteiger partial charge in [-0.15, -0.1) is 0 Å². The summed E-state index contributed by atoms with van der Waals surface area (Å²) in [5, 5.41) is 13.9. The Morgan fingerprint density at radius 3 is 2.53 bits per heavy atom. The van der Waals surface area contributed by atoms with Gasteiger partial charge in [0.1, 0.15) is 23.1 Å². The summed E-state index contributed by atoms with van der Waals surface area (Å²) in [7, 11) is 0. The molecule has 0 unspecified atom stereocenters. The molecule has 1 N–H and O–H groups in total. The molecule has 0 saturated carbocycles. The van der Waals surface area contributed by atoms with Crippen molar-refractivity contribution in [2.24, 2.45) is 5.92 Å². The maximum atomic E-state index is 12.6. The molecule has 1 amide bonds. The third-order valence-corrected chi connectivity index (χ3v) is 7.08. The number of nitrogens with one attached hydrogen (secondary N) is 1. The lowest BCUT2D eigenvalue weighted by Gasteiger charge is -2.41. The molecule has 1 aliphatic rings. The monoisotopic (exact) mass is 502 g/mol. The number of carbonyl (C=O) groups is 3. The van der Waals surface area contributed by atoms with Crippen LogP contribution >= 0.6 is 27.7 Å². The average Bonchev–Trinajstić information content (AvgIpc) is 2.61. The summed E-state index contributed by atoms with van der Waals surface area (Å²) in [6.07, 6.45) is -0.869. The van der Waals surface area contributed by atoms with Gasteiger partial charge in [-0.05, 0) is 13.8 Å². The molecule has 1 aliphatic heterocycles. The second-order valence-electron chi connectivity index (χ2n) is 7.51. The molecule has 1 heterocycles. The van der Waals surface area contributed by atoms with Crippen molar-refractivity contribution >= 4 is 56.1 Å². The van der Waals surface area contributed by atoms with Gasteiger partial charge in [0.2, 0.25) is 5.91 Å². The van der Waals surface area contributed by atoms with Crippen LogP contribution in [0.15, 0.2) is 12.1 Å². The van der Waals surface area contributed by atoms with Crippen molar-refractivity contribution in [3.63, 3.8) is 0 Å². The lowest BCUT2D eigenvalue weighted by atomic mass is 9.90. The summed E-state index contributed by atoms with van der Waals surface area (Å²) in [6.45, 7) is 7.87. The Kier molecular flexibility index (Phi) is 7.51. The van der Waals surface area contributed by atoms with Crippen molar-refractivity contribution in [3.8, 4) is 5.75 Å². The lowest BCUT2D eigenvalue weighted by Crippen LogP contribution is -2.47.